The molecule has 1 atom stereocenters. The molecule has 1 aromatic heterocycles. The van der Waals surface area contributed by atoms with E-state index in [1.54, 1.807) is 44.2 Å². The lowest BCUT2D eigenvalue weighted by atomic mass is 10.1. The highest BCUT2D eigenvalue weighted by Gasteiger charge is 2.28. The fourth-order valence-corrected chi connectivity index (χ4v) is 2.41. The first-order valence-corrected chi connectivity index (χ1v) is 7.96. The molecule has 0 saturated heterocycles. The van der Waals surface area contributed by atoms with Crippen molar-refractivity contribution in [2.24, 2.45) is 0 Å². The molecule has 0 saturated carbocycles. The summed E-state index contributed by atoms with van der Waals surface area (Å²) in [5, 5.41) is 0. The molecule has 2 aromatic rings. The van der Waals surface area contributed by atoms with E-state index in [1.807, 2.05) is 13.0 Å². The van der Waals surface area contributed by atoms with Gasteiger partial charge in [0.15, 0.2) is 11.9 Å². The van der Waals surface area contributed by atoms with Crippen LogP contribution in [0.1, 0.15) is 35.7 Å². The summed E-state index contributed by atoms with van der Waals surface area (Å²) < 4.78 is 21.5. The molecule has 1 aromatic carbocycles. The molecular weight excluding hydrogens is 324 g/mol. The van der Waals surface area contributed by atoms with Crippen molar-refractivity contribution in [3.63, 3.8) is 0 Å². The van der Waals surface area contributed by atoms with E-state index >= 15 is 0 Å². The average molecular weight is 342 g/mol. The highest BCUT2D eigenvalue weighted by Crippen LogP contribution is 2.35. The van der Waals surface area contributed by atoms with Crippen LogP contribution in [0.5, 0.6) is 11.5 Å². The number of furan rings is 1. The van der Waals surface area contributed by atoms with Gasteiger partial charge in [0.25, 0.3) is 0 Å². The van der Waals surface area contributed by atoms with Crippen molar-refractivity contribution >= 4 is 17.8 Å². The van der Waals surface area contributed by atoms with Crippen molar-refractivity contribution < 1.29 is 28.2 Å². The lowest BCUT2D eigenvalue weighted by Gasteiger charge is -2.13. The van der Waals surface area contributed by atoms with Gasteiger partial charge >= 0.3 is 5.97 Å². The van der Waals surface area contributed by atoms with E-state index in [9.17, 15) is 9.59 Å². The Morgan fingerprint density at radius 3 is 2.76 bits per heavy atom. The number of Topliss-reactive ketones (excluding diaryl/α,β-unsaturated/α-hetero) is 1. The number of rotatable bonds is 5. The van der Waals surface area contributed by atoms with Crippen LogP contribution >= 0.6 is 0 Å². The number of fused-ring (bicyclic) bond motifs is 1. The molecule has 0 bridgehead atoms. The van der Waals surface area contributed by atoms with Gasteiger partial charge in [-0.15, -0.1) is 0 Å². The fraction of sp³-hybridized carbons (Fsp3) is 0.263. The Hall–Kier alpha value is -3.02. The maximum absolute atomic E-state index is 12.4. The van der Waals surface area contributed by atoms with Crippen LogP contribution in [0.25, 0.3) is 6.08 Å². The summed E-state index contributed by atoms with van der Waals surface area (Å²) in [4.78, 5) is 24.0. The number of ether oxygens (including phenoxy) is 3. The second-order valence-corrected chi connectivity index (χ2v) is 5.56. The molecule has 6 heteroatoms. The van der Waals surface area contributed by atoms with Crippen LogP contribution in [0.2, 0.25) is 0 Å². The number of ketones is 1. The molecule has 0 spiro atoms. The minimum atomic E-state index is -0.754. The van der Waals surface area contributed by atoms with Gasteiger partial charge in [-0.1, -0.05) is 0 Å². The molecule has 0 amide bonds. The number of benzene rings is 1. The summed E-state index contributed by atoms with van der Waals surface area (Å²) in [5.41, 5.74) is 0.436. The predicted octanol–water partition coefficient (Wildman–Crippen LogP) is 3.53. The normalized spacial score (nSPS) is 15.6. The van der Waals surface area contributed by atoms with Gasteiger partial charge in [-0.2, -0.15) is 0 Å². The van der Waals surface area contributed by atoms with Crippen molar-refractivity contribution in [1.82, 2.24) is 0 Å². The minimum absolute atomic E-state index is 0.181. The van der Waals surface area contributed by atoms with Crippen LogP contribution < -0.4 is 9.47 Å². The van der Waals surface area contributed by atoms with Gasteiger partial charge in [0.2, 0.25) is 5.78 Å². The molecule has 130 valence electrons. The molecule has 0 aliphatic carbocycles. The van der Waals surface area contributed by atoms with E-state index in [2.05, 4.69) is 0 Å². The quantitative estimate of drug-likeness (QED) is 0.611. The Kier molecular flexibility index (Phi) is 4.61. The molecule has 25 heavy (non-hydrogen) atoms. The highest BCUT2D eigenvalue weighted by molar-refractivity contribution is 6.14. The first-order chi connectivity index (χ1) is 12.0. The predicted molar refractivity (Wildman–Crippen MR) is 89.5 cm³/mol. The molecular formula is C19H18O6. The molecule has 1 aliphatic heterocycles. The largest absolute Gasteiger partial charge is 0.479 e. The zero-order chi connectivity index (χ0) is 18.0. The van der Waals surface area contributed by atoms with Crippen molar-refractivity contribution in [3.05, 3.63) is 53.2 Å². The van der Waals surface area contributed by atoms with Gasteiger partial charge < -0.3 is 18.6 Å². The maximum atomic E-state index is 12.4. The SMILES string of the molecule is CCOC(=O)[C@H](C)Oc1ccc2c(c1)O/C(=C\c1ccc(C)o1)C2=O. The van der Waals surface area contributed by atoms with Crippen LogP contribution in [-0.4, -0.2) is 24.5 Å². The average Bonchev–Trinajstić information content (AvgIpc) is 3.11. The summed E-state index contributed by atoms with van der Waals surface area (Å²) in [5.74, 6) is 1.59. The number of esters is 1. The smallest absolute Gasteiger partial charge is 0.347 e. The summed E-state index contributed by atoms with van der Waals surface area (Å²) in [6.45, 7) is 5.44. The summed E-state index contributed by atoms with van der Waals surface area (Å²) >= 11 is 0. The lowest BCUT2D eigenvalue weighted by Crippen LogP contribution is -2.26. The van der Waals surface area contributed by atoms with E-state index in [0.717, 1.165) is 5.76 Å². The third kappa shape index (κ3) is 3.57. The number of allylic oxidation sites excluding steroid dienone is 1. The third-order valence-electron chi connectivity index (χ3n) is 3.61. The molecule has 2 heterocycles. The zero-order valence-corrected chi connectivity index (χ0v) is 14.2. The van der Waals surface area contributed by atoms with E-state index < -0.39 is 12.1 Å². The maximum Gasteiger partial charge on any atom is 0.347 e. The topological polar surface area (TPSA) is 75.0 Å². The zero-order valence-electron chi connectivity index (χ0n) is 14.2. The molecule has 6 nitrogen and oxygen atoms in total. The Bertz CT molecular complexity index is 845. The molecule has 0 unspecified atom stereocenters. The third-order valence-corrected chi connectivity index (χ3v) is 3.61. The molecule has 3 rings (SSSR count). The molecule has 1 aliphatic rings. The molecule has 0 N–H and O–H groups in total. The highest BCUT2D eigenvalue weighted by atomic mass is 16.6. The first kappa shape index (κ1) is 16.8. The van der Waals surface area contributed by atoms with Crippen LogP contribution in [0.3, 0.4) is 0 Å². The minimum Gasteiger partial charge on any atom is -0.479 e. The fourth-order valence-electron chi connectivity index (χ4n) is 2.41. The second-order valence-electron chi connectivity index (χ2n) is 5.56. The van der Waals surface area contributed by atoms with Gasteiger partial charge in [-0.3, -0.25) is 4.79 Å². The molecule has 0 radical (unpaired) electrons. The Labute approximate surface area is 145 Å². The number of carbonyl (C=O) groups is 2. The molecule has 0 fully saturated rings. The summed E-state index contributed by atoms with van der Waals surface area (Å²) in [6.07, 6.45) is 0.799. The number of hydrogen-bond donors (Lipinski definition) is 0. The van der Waals surface area contributed by atoms with Crippen LogP contribution in [-0.2, 0) is 9.53 Å². The second kappa shape index (κ2) is 6.84. The van der Waals surface area contributed by atoms with Crippen LogP contribution in [0.4, 0.5) is 0 Å². The van der Waals surface area contributed by atoms with Gasteiger partial charge in [-0.05, 0) is 45.0 Å². The number of aryl methyl sites for hydroxylation is 1. The first-order valence-electron chi connectivity index (χ1n) is 7.96. The van der Waals surface area contributed by atoms with E-state index in [-0.39, 0.29) is 18.1 Å². The van der Waals surface area contributed by atoms with Crippen molar-refractivity contribution in [2.45, 2.75) is 26.9 Å². The van der Waals surface area contributed by atoms with Gasteiger partial charge in [-0.25, -0.2) is 4.79 Å². The van der Waals surface area contributed by atoms with Crippen molar-refractivity contribution in [3.8, 4) is 11.5 Å². The van der Waals surface area contributed by atoms with Crippen molar-refractivity contribution in [1.29, 1.82) is 0 Å². The Morgan fingerprint density at radius 1 is 1.28 bits per heavy atom. The lowest BCUT2D eigenvalue weighted by molar-refractivity contribution is -0.150. The van der Waals surface area contributed by atoms with E-state index in [1.165, 1.54) is 0 Å². The number of carbonyl (C=O) groups excluding carboxylic acids is 2. The van der Waals surface area contributed by atoms with Crippen molar-refractivity contribution in [2.75, 3.05) is 6.61 Å². The summed E-state index contributed by atoms with van der Waals surface area (Å²) in [7, 11) is 0. The number of hydrogen-bond acceptors (Lipinski definition) is 6. The monoisotopic (exact) mass is 342 g/mol. The van der Waals surface area contributed by atoms with E-state index in [0.29, 0.717) is 22.8 Å². The van der Waals surface area contributed by atoms with E-state index in [4.69, 9.17) is 18.6 Å². The van der Waals surface area contributed by atoms with Gasteiger partial charge in [0, 0.05) is 12.1 Å². The summed E-state index contributed by atoms with van der Waals surface area (Å²) in [6, 6.07) is 8.38. The van der Waals surface area contributed by atoms with Crippen LogP contribution in [0.15, 0.2) is 40.5 Å². The Balaban J connectivity index is 1.77. The standard InChI is InChI=1S/C19H18O6/c1-4-22-19(21)12(3)24-14-7-8-15-16(9-14)25-17(18(15)20)10-13-6-5-11(2)23-13/h5-10,12H,4H2,1-3H3/b17-10-/t12-/m0/s1. The van der Waals surface area contributed by atoms with Crippen LogP contribution in [0, 0.1) is 6.92 Å². The van der Waals surface area contributed by atoms with Gasteiger partial charge in [0.05, 0.1) is 12.2 Å². The van der Waals surface area contributed by atoms with Gasteiger partial charge in [0.1, 0.15) is 23.0 Å². The Morgan fingerprint density at radius 2 is 2.08 bits per heavy atom.